The average molecular weight is 401 g/mol. The van der Waals surface area contributed by atoms with Crippen LogP contribution in [0.2, 0.25) is 0 Å². The maximum Gasteiger partial charge on any atom is 0.338 e. The Hall–Kier alpha value is -2.87. The number of benzene rings is 1. The number of aromatic nitrogens is 2. The molecule has 1 saturated heterocycles. The minimum Gasteiger partial charge on any atom is -0.491 e. The zero-order valence-corrected chi connectivity index (χ0v) is 17.2. The number of rotatable bonds is 7. The molecule has 3 rings (SSSR count). The van der Waals surface area contributed by atoms with Crippen molar-refractivity contribution < 1.29 is 23.8 Å². The predicted molar refractivity (Wildman–Crippen MR) is 107 cm³/mol. The van der Waals surface area contributed by atoms with Gasteiger partial charge in [0.15, 0.2) is 6.10 Å². The third-order valence-corrected chi connectivity index (χ3v) is 4.96. The SMILES string of the molecule is Cc1nn(C)c(C)c1NC(=O)C(C)OC(=O)c1ccc(OCC2CCCO2)cc1. The zero-order valence-electron chi connectivity index (χ0n) is 17.2. The predicted octanol–water partition coefficient (Wildman–Crippen LogP) is 2.78. The monoisotopic (exact) mass is 401 g/mol. The van der Waals surface area contributed by atoms with E-state index in [1.807, 2.05) is 13.8 Å². The number of aryl methyl sites for hydroxylation is 2. The van der Waals surface area contributed by atoms with Crippen molar-refractivity contribution in [3.63, 3.8) is 0 Å². The van der Waals surface area contributed by atoms with Crippen LogP contribution >= 0.6 is 0 Å². The second kappa shape index (κ2) is 9.09. The van der Waals surface area contributed by atoms with E-state index in [9.17, 15) is 9.59 Å². The van der Waals surface area contributed by atoms with Crippen LogP contribution in [0.15, 0.2) is 24.3 Å². The molecule has 1 aromatic heterocycles. The van der Waals surface area contributed by atoms with E-state index in [1.165, 1.54) is 6.92 Å². The van der Waals surface area contributed by atoms with Gasteiger partial charge in [-0.3, -0.25) is 9.48 Å². The zero-order chi connectivity index (χ0) is 21.0. The highest BCUT2D eigenvalue weighted by molar-refractivity contribution is 5.98. The lowest BCUT2D eigenvalue weighted by Gasteiger charge is -2.14. The van der Waals surface area contributed by atoms with Gasteiger partial charge in [0, 0.05) is 13.7 Å². The number of esters is 1. The van der Waals surface area contributed by atoms with Crippen molar-refractivity contribution in [2.24, 2.45) is 7.05 Å². The molecule has 1 aromatic carbocycles. The Balaban J connectivity index is 1.52. The molecule has 1 aliphatic rings. The Kier molecular flexibility index (Phi) is 6.53. The summed E-state index contributed by atoms with van der Waals surface area (Å²) in [7, 11) is 1.80. The van der Waals surface area contributed by atoms with Crippen molar-refractivity contribution in [1.29, 1.82) is 0 Å². The van der Waals surface area contributed by atoms with Crippen LogP contribution in [0, 0.1) is 13.8 Å². The highest BCUT2D eigenvalue weighted by atomic mass is 16.5. The minimum absolute atomic E-state index is 0.131. The lowest BCUT2D eigenvalue weighted by atomic mass is 10.2. The molecule has 2 aromatic rings. The first-order chi connectivity index (χ1) is 13.8. The van der Waals surface area contributed by atoms with Crippen LogP contribution < -0.4 is 10.1 Å². The summed E-state index contributed by atoms with van der Waals surface area (Å²) in [4.78, 5) is 24.7. The number of nitrogens with one attached hydrogen (secondary N) is 1. The summed E-state index contributed by atoms with van der Waals surface area (Å²) in [5.74, 6) is -0.322. The highest BCUT2D eigenvalue weighted by Crippen LogP contribution is 2.20. The van der Waals surface area contributed by atoms with E-state index in [-0.39, 0.29) is 6.10 Å². The van der Waals surface area contributed by atoms with Crippen LogP contribution in [-0.4, -0.2) is 47.1 Å². The summed E-state index contributed by atoms with van der Waals surface area (Å²) in [6.07, 6.45) is 1.25. The molecule has 1 N–H and O–H groups in total. The van der Waals surface area contributed by atoms with Gasteiger partial charge in [0.2, 0.25) is 0 Å². The van der Waals surface area contributed by atoms with Crippen LogP contribution in [0.5, 0.6) is 5.75 Å². The Morgan fingerprint density at radius 3 is 2.62 bits per heavy atom. The molecule has 2 unspecified atom stereocenters. The molecule has 0 spiro atoms. The molecular formula is C21H27N3O5. The molecule has 2 heterocycles. The molecule has 156 valence electrons. The Morgan fingerprint density at radius 2 is 2.03 bits per heavy atom. The lowest BCUT2D eigenvalue weighted by Crippen LogP contribution is -2.30. The van der Waals surface area contributed by atoms with E-state index in [1.54, 1.807) is 36.0 Å². The van der Waals surface area contributed by atoms with E-state index in [0.29, 0.717) is 29.3 Å². The van der Waals surface area contributed by atoms with Crippen LogP contribution in [0.4, 0.5) is 5.69 Å². The largest absolute Gasteiger partial charge is 0.491 e. The van der Waals surface area contributed by atoms with Gasteiger partial charge in [-0.05, 0) is 57.9 Å². The Bertz CT molecular complexity index is 869. The number of ether oxygens (including phenoxy) is 3. The molecule has 1 fully saturated rings. The molecule has 1 aliphatic heterocycles. The maximum atomic E-state index is 12.4. The van der Waals surface area contributed by atoms with Gasteiger partial charge in [0.05, 0.1) is 28.7 Å². The van der Waals surface area contributed by atoms with E-state index in [2.05, 4.69) is 10.4 Å². The smallest absolute Gasteiger partial charge is 0.338 e. The molecule has 0 saturated carbocycles. The molecule has 0 aliphatic carbocycles. The number of amides is 1. The molecule has 1 amide bonds. The first-order valence-electron chi connectivity index (χ1n) is 9.71. The maximum absolute atomic E-state index is 12.4. The average Bonchev–Trinajstić information content (AvgIpc) is 3.30. The summed E-state index contributed by atoms with van der Waals surface area (Å²) < 4.78 is 18.2. The van der Waals surface area contributed by atoms with Gasteiger partial charge in [0.25, 0.3) is 5.91 Å². The fraction of sp³-hybridized carbons (Fsp3) is 0.476. The molecule has 0 radical (unpaired) electrons. The van der Waals surface area contributed by atoms with Crippen molar-refractivity contribution in [2.75, 3.05) is 18.5 Å². The minimum atomic E-state index is -0.947. The number of hydrogen-bond acceptors (Lipinski definition) is 6. The molecular weight excluding hydrogens is 374 g/mol. The lowest BCUT2D eigenvalue weighted by molar-refractivity contribution is -0.123. The summed E-state index contributed by atoms with van der Waals surface area (Å²) in [5.41, 5.74) is 2.51. The summed E-state index contributed by atoms with van der Waals surface area (Å²) in [6, 6.07) is 6.65. The van der Waals surface area contributed by atoms with Crippen molar-refractivity contribution in [2.45, 2.75) is 45.8 Å². The molecule has 29 heavy (non-hydrogen) atoms. The normalized spacial score (nSPS) is 17.0. The number of anilines is 1. The van der Waals surface area contributed by atoms with E-state index < -0.39 is 18.0 Å². The van der Waals surface area contributed by atoms with Crippen molar-refractivity contribution >= 4 is 17.6 Å². The standard InChI is InChI=1S/C21H27N3O5/c1-13-19(14(2)24(4)23-13)22-20(25)15(3)29-21(26)16-7-9-17(10-8-16)28-12-18-6-5-11-27-18/h7-10,15,18H,5-6,11-12H2,1-4H3,(H,22,25). The van der Waals surface area contributed by atoms with Crippen molar-refractivity contribution in [1.82, 2.24) is 9.78 Å². The summed E-state index contributed by atoms with van der Waals surface area (Å²) in [5, 5.41) is 7.03. The van der Waals surface area contributed by atoms with Gasteiger partial charge >= 0.3 is 5.97 Å². The second-order valence-corrected chi connectivity index (χ2v) is 7.18. The number of carbonyl (C=O) groups is 2. The fourth-order valence-corrected chi connectivity index (χ4v) is 3.11. The van der Waals surface area contributed by atoms with E-state index >= 15 is 0 Å². The van der Waals surface area contributed by atoms with Crippen LogP contribution in [0.25, 0.3) is 0 Å². The topological polar surface area (TPSA) is 91.7 Å². The van der Waals surface area contributed by atoms with Gasteiger partial charge in [-0.1, -0.05) is 0 Å². The van der Waals surface area contributed by atoms with Crippen LogP contribution in [0.1, 0.15) is 41.5 Å². The van der Waals surface area contributed by atoms with Gasteiger partial charge in [-0.15, -0.1) is 0 Å². The van der Waals surface area contributed by atoms with Crippen molar-refractivity contribution in [3.05, 3.63) is 41.2 Å². The summed E-state index contributed by atoms with van der Waals surface area (Å²) in [6.45, 7) is 6.47. The van der Waals surface area contributed by atoms with E-state index in [0.717, 1.165) is 25.1 Å². The summed E-state index contributed by atoms with van der Waals surface area (Å²) >= 11 is 0. The second-order valence-electron chi connectivity index (χ2n) is 7.18. The highest BCUT2D eigenvalue weighted by Gasteiger charge is 2.22. The van der Waals surface area contributed by atoms with E-state index in [4.69, 9.17) is 14.2 Å². The number of carbonyl (C=O) groups excluding carboxylic acids is 2. The van der Waals surface area contributed by atoms with Crippen molar-refractivity contribution in [3.8, 4) is 5.75 Å². The Morgan fingerprint density at radius 1 is 1.31 bits per heavy atom. The fourth-order valence-electron chi connectivity index (χ4n) is 3.11. The van der Waals surface area contributed by atoms with Gasteiger partial charge in [-0.2, -0.15) is 5.10 Å². The van der Waals surface area contributed by atoms with Crippen LogP contribution in [-0.2, 0) is 21.3 Å². The number of nitrogens with zero attached hydrogens (tertiary/aromatic N) is 2. The van der Waals surface area contributed by atoms with Crippen LogP contribution in [0.3, 0.4) is 0 Å². The first kappa shape index (κ1) is 20.9. The third-order valence-electron chi connectivity index (χ3n) is 4.96. The van der Waals surface area contributed by atoms with Gasteiger partial charge < -0.3 is 19.5 Å². The quantitative estimate of drug-likeness (QED) is 0.718. The number of hydrogen-bond donors (Lipinski definition) is 1. The van der Waals surface area contributed by atoms with Gasteiger partial charge in [-0.25, -0.2) is 4.79 Å². The molecule has 8 nitrogen and oxygen atoms in total. The molecule has 8 heteroatoms. The molecule has 2 atom stereocenters. The Labute approximate surface area is 170 Å². The molecule has 0 bridgehead atoms. The van der Waals surface area contributed by atoms with Gasteiger partial charge in [0.1, 0.15) is 12.4 Å². The third kappa shape index (κ3) is 5.14. The first-order valence-corrected chi connectivity index (χ1v) is 9.71.